The van der Waals surface area contributed by atoms with Crippen LogP contribution in [0.15, 0.2) is 60.7 Å². The molecule has 0 spiro atoms. The molecule has 4 aromatic carbocycles. The van der Waals surface area contributed by atoms with E-state index < -0.39 is 5.97 Å². The summed E-state index contributed by atoms with van der Waals surface area (Å²) in [5.74, 6) is -0.860. The first-order valence-electron chi connectivity index (χ1n) is 8.62. The number of hydrogen-bond acceptors (Lipinski definition) is 4. The van der Waals surface area contributed by atoms with Crippen molar-refractivity contribution in [2.75, 3.05) is 0 Å². The van der Waals surface area contributed by atoms with Crippen molar-refractivity contribution >= 4 is 27.5 Å². The van der Waals surface area contributed by atoms with Crippen LogP contribution < -0.4 is 4.74 Å². The van der Waals surface area contributed by atoms with Crippen molar-refractivity contribution in [2.45, 2.75) is 13.8 Å². The minimum atomic E-state index is -0.704. The molecule has 0 heterocycles. The average Bonchev–Trinajstić information content (AvgIpc) is 2.65. The summed E-state index contributed by atoms with van der Waals surface area (Å²) in [5.41, 5.74) is 1.39. The lowest BCUT2D eigenvalue weighted by Crippen LogP contribution is -2.12. The van der Waals surface area contributed by atoms with E-state index in [0.29, 0.717) is 11.1 Å². The Morgan fingerprint density at radius 3 is 1.93 bits per heavy atom. The molecule has 0 saturated heterocycles. The second-order valence-electron chi connectivity index (χ2n) is 6.58. The highest BCUT2D eigenvalue weighted by molar-refractivity contribution is 6.03. The third-order valence-corrected chi connectivity index (χ3v) is 4.92. The number of fused-ring (bicyclic) bond motifs is 2. The zero-order valence-electron chi connectivity index (χ0n) is 15.0. The van der Waals surface area contributed by atoms with Crippen molar-refractivity contribution in [3.63, 3.8) is 0 Å². The van der Waals surface area contributed by atoms with Gasteiger partial charge in [0.25, 0.3) is 0 Å². The quantitative estimate of drug-likeness (QED) is 0.380. The van der Waals surface area contributed by atoms with Gasteiger partial charge in [0.1, 0.15) is 11.3 Å². The fraction of sp³-hybridized carbons (Fsp3) is 0.0870. The molecule has 0 aliphatic carbocycles. The van der Waals surface area contributed by atoms with Gasteiger partial charge in [-0.15, -0.1) is 0 Å². The summed E-state index contributed by atoms with van der Waals surface area (Å²) < 4.78 is 5.53. The molecule has 134 valence electrons. The maximum Gasteiger partial charge on any atom is 0.347 e. The topological polar surface area (TPSA) is 66.8 Å². The van der Waals surface area contributed by atoms with Crippen molar-refractivity contribution < 1.29 is 19.7 Å². The van der Waals surface area contributed by atoms with E-state index in [1.54, 1.807) is 26.0 Å². The SMILES string of the molecule is Cc1c(OC(=O)c2c(O)cc3ccccc3c2C)c(O)cc2ccccc12. The first-order valence-corrected chi connectivity index (χ1v) is 8.62. The molecule has 0 fully saturated rings. The zero-order chi connectivity index (χ0) is 19.1. The fourth-order valence-corrected chi connectivity index (χ4v) is 3.53. The van der Waals surface area contributed by atoms with E-state index in [4.69, 9.17) is 4.74 Å². The Morgan fingerprint density at radius 2 is 1.30 bits per heavy atom. The van der Waals surface area contributed by atoms with Gasteiger partial charge >= 0.3 is 5.97 Å². The third kappa shape index (κ3) is 2.75. The van der Waals surface area contributed by atoms with Crippen LogP contribution in [0.4, 0.5) is 0 Å². The lowest BCUT2D eigenvalue weighted by molar-refractivity contribution is 0.0725. The molecule has 0 radical (unpaired) electrons. The van der Waals surface area contributed by atoms with Crippen molar-refractivity contribution in [1.82, 2.24) is 0 Å². The molecular formula is C23H18O4. The molecular weight excluding hydrogens is 340 g/mol. The number of ether oxygens (including phenoxy) is 1. The van der Waals surface area contributed by atoms with Crippen LogP contribution in [-0.4, -0.2) is 16.2 Å². The first-order chi connectivity index (χ1) is 13.0. The summed E-state index contributed by atoms with van der Waals surface area (Å²) in [4.78, 5) is 12.8. The minimum Gasteiger partial charge on any atom is -0.507 e. The summed E-state index contributed by atoms with van der Waals surface area (Å²) >= 11 is 0. The van der Waals surface area contributed by atoms with E-state index in [1.165, 1.54) is 0 Å². The molecule has 4 rings (SSSR count). The number of esters is 1. The zero-order valence-corrected chi connectivity index (χ0v) is 15.0. The Morgan fingerprint density at radius 1 is 0.778 bits per heavy atom. The molecule has 0 aliphatic heterocycles. The lowest BCUT2D eigenvalue weighted by Gasteiger charge is -2.15. The van der Waals surface area contributed by atoms with Gasteiger partial charge < -0.3 is 14.9 Å². The molecule has 0 amide bonds. The molecule has 4 heteroatoms. The molecule has 2 N–H and O–H groups in total. The van der Waals surface area contributed by atoms with Crippen LogP contribution in [0.3, 0.4) is 0 Å². The van der Waals surface area contributed by atoms with Crippen LogP contribution in [-0.2, 0) is 0 Å². The Balaban J connectivity index is 1.82. The van der Waals surface area contributed by atoms with Crippen molar-refractivity contribution in [2.24, 2.45) is 0 Å². The number of hydrogen-bond donors (Lipinski definition) is 2. The van der Waals surface area contributed by atoms with Gasteiger partial charge in [0.15, 0.2) is 11.5 Å². The predicted molar refractivity (Wildman–Crippen MR) is 106 cm³/mol. The van der Waals surface area contributed by atoms with Crippen molar-refractivity contribution in [1.29, 1.82) is 0 Å². The van der Waals surface area contributed by atoms with E-state index >= 15 is 0 Å². The van der Waals surface area contributed by atoms with Crippen molar-refractivity contribution in [3.8, 4) is 17.2 Å². The summed E-state index contributed by atoms with van der Waals surface area (Å²) in [5, 5.41) is 24.2. The highest BCUT2D eigenvalue weighted by Gasteiger charge is 2.22. The third-order valence-electron chi connectivity index (χ3n) is 4.92. The summed E-state index contributed by atoms with van der Waals surface area (Å²) in [6.07, 6.45) is 0. The van der Waals surface area contributed by atoms with E-state index in [2.05, 4.69) is 0 Å². The van der Waals surface area contributed by atoms with Gasteiger partial charge in [0, 0.05) is 5.56 Å². The van der Waals surface area contributed by atoms with Crippen LogP contribution in [0.25, 0.3) is 21.5 Å². The smallest absolute Gasteiger partial charge is 0.347 e. The van der Waals surface area contributed by atoms with Gasteiger partial charge in [-0.3, -0.25) is 0 Å². The first kappa shape index (κ1) is 16.9. The maximum absolute atomic E-state index is 12.8. The molecule has 27 heavy (non-hydrogen) atoms. The number of rotatable bonds is 2. The second kappa shape index (κ2) is 6.32. The van der Waals surface area contributed by atoms with Gasteiger partial charge in [-0.1, -0.05) is 48.5 Å². The number of phenolic OH excluding ortho intramolecular Hbond substituents is 2. The van der Waals surface area contributed by atoms with Crippen LogP contribution in [0.2, 0.25) is 0 Å². The van der Waals surface area contributed by atoms with Crippen LogP contribution in [0.5, 0.6) is 17.2 Å². The number of benzene rings is 4. The molecule has 0 aliphatic rings. The van der Waals surface area contributed by atoms with Crippen molar-refractivity contribution in [3.05, 3.63) is 77.4 Å². The Bertz CT molecular complexity index is 1210. The maximum atomic E-state index is 12.8. The Hall–Kier alpha value is -3.53. The van der Waals surface area contributed by atoms with E-state index in [0.717, 1.165) is 21.5 Å². The molecule has 0 saturated carbocycles. The molecule has 0 atom stereocenters. The highest BCUT2D eigenvalue weighted by Crippen LogP contribution is 2.38. The second-order valence-corrected chi connectivity index (χ2v) is 6.58. The summed E-state index contributed by atoms with van der Waals surface area (Å²) in [6, 6.07) is 18.2. The number of carbonyl (C=O) groups is 1. The van der Waals surface area contributed by atoms with Gasteiger partial charge in [0.05, 0.1) is 0 Å². The molecule has 0 aromatic heterocycles. The number of aromatic hydroxyl groups is 2. The fourth-order valence-electron chi connectivity index (χ4n) is 3.53. The molecule has 4 aromatic rings. The van der Waals surface area contributed by atoms with Crippen LogP contribution in [0, 0.1) is 13.8 Å². The standard InChI is InChI=1S/C23H18O4/c1-13-17-9-5-3-7-15(17)11-19(24)21(13)23(26)27-22-14(2)18-10-6-4-8-16(18)12-20(22)25/h3-12,24-25H,1-2H3. The van der Waals surface area contributed by atoms with Gasteiger partial charge in [-0.05, 0) is 53.1 Å². The van der Waals surface area contributed by atoms with E-state index in [9.17, 15) is 15.0 Å². The minimum absolute atomic E-state index is 0.0978. The largest absolute Gasteiger partial charge is 0.507 e. The lowest BCUT2D eigenvalue weighted by atomic mass is 9.99. The summed E-state index contributed by atoms with van der Waals surface area (Å²) in [7, 11) is 0. The monoisotopic (exact) mass is 358 g/mol. The van der Waals surface area contributed by atoms with E-state index in [1.807, 2.05) is 48.5 Å². The van der Waals surface area contributed by atoms with Crippen LogP contribution in [0.1, 0.15) is 21.5 Å². The van der Waals surface area contributed by atoms with E-state index in [-0.39, 0.29) is 22.8 Å². The molecule has 0 unspecified atom stereocenters. The van der Waals surface area contributed by atoms with Gasteiger partial charge in [0.2, 0.25) is 0 Å². The normalized spacial score (nSPS) is 11.0. The van der Waals surface area contributed by atoms with Gasteiger partial charge in [-0.25, -0.2) is 4.79 Å². The number of carbonyl (C=O) groups excluding carboxylic acids is 1. The molecule has 4 nitrogen and oxygen atoms in total. The Labute approximate surface area is 156 Å². The molecule has 0 bridgehead atoms. The number of phenols is 2. The van der Waals surface area contributed by atoms with Gasteiger partial charge in [-0.2, -0.15) is 0 Å². The predicted octanol–water partition coefficient (Wildman–Crippen LogP) is 5.24. The summed E-state index contributed by atoms with van der Waals surface area (Å²) in [6.45, 7) is 3.56. The number of aryl methyl sites for hydroxylation is 2. The Kier molecular flexibility index (Phi) is 3.96. The average molecular weight is 358 g/mol. The van der Waals surface area contributed by atoms with Crippen LogP contribution >= 0.6 is 0 Å². The highest BCUT2D eigenvalue weighted by atomic mass is 16.5.